The second-order valence-electron chi connectivity index (χ2n) is 6.57. The first-order valence-corrected chi connectivity index (χ1v) is 8.88. The van der Waals surface area contributed by atoms with Gasteiger partial charge >= 0.3 is 0 Å². The molecule has 0 spiro atoms. The molecule has 1 amide bonds. The summed E-state index contributed by atoms with van der Waals surface area (Å²) in [5.74, 6) is 0.591. The molecule has 0 aliphatic rings. The molecule has 0 unspecified atom stereocenters. The van der Waals surface area contributed by atoms with Gasteiger partial charge in [-0.15, -0.1) is 0 Å². The molecule has 3 rings (SSSR count). The van der Waals surface area contributed by atoms with Crippen LogP contribution in [0.15, 0.2) is 47.5 Å². The Labute approximate surface area is 157 Å². The summed E-state index contributed by atoms with van der Waals surface area (Å²) in [5, 5.41) is 3.29. The Balaban J connectivity index is 1.58. The van der Waals surface area contributed by atoms with E-state index in [0.717, 1.165) is 22.4 Å². The van der Waals surface area contributed by atoms with Crippen molar-refractivity contribution in [1.82, 2.24) is 14.9 Å². The normalized spacial score (nSPS) is 10.8. The molecule has 1 heterocycles. The molecular formula is C21H23N3O3. The highest BCUT2D eigenvalue weighted by Crippen LogP contribution is 2.21. The Hall–Kier alpha value is -3.15. The molecule has 1 N–H and O–H groups in total. The number of carbonyl (C=O) groups excluding carboxylic acids is 1. The van der Waals surface area contributed by atoms with Crippen LogP contribution in [-0.2, 0) is 11.3 Å². The zero-order chi connectivity index (χ0) is 19.4. The molecule has 0 radical (unpaired) electrons. The van der Waals surface area contributed by atoms with Gasteiger partial charge in [0, 0.05) is 0 Å². The molecule has 0 saturated heterocycles. The summed E-state index contributed by atoms with van der Waals surface area (Å²) in [4.78, 5) is 29.0. The molecule has 140 valence electrons. The van der Waals surface area contributed by atoms with Gasteiger partial charge in [0.1, 0.15) is 18.9 Å². The van der Waals surface area contributed by atoms with Crippen LogP contribution in [0.4, 0.5) is 0 Å². The lowest BCUT2D eigenvalue weighted by molar-refractivity contribution is -0.121. The fourth-order valence-electron chi connectivity index (χ4n) is 3.03. The van der Waals surface area contributed by atoms with Gasteiger partial charge in [-0.05, 0) is 43.5 Å². The number of fused-ring (bicyclic) bond motifs is 1. The quantitative estimate of drug-likeness (QED) is 0.681. The van der Waals surface area contributed by atoms with Crippen LogP contribution < -0.4 is 15.6 Å². The fourth-order valence-corrected chi connectivity index (χ4v) is 3.03. The third-order valence-corrected chi connectivity index (χ3v) is 4.45. The summed E-state index contributed by atoms with van der Waals surface area (Å²) in [6, 6.07) is 11.4. The number of hydrogen-bond donors (Lipinski definition) is 1. The third-order valence-electron chi connectivity index (χ3n) is 4.45. The van der Waals surface area contributed by atoms with E-state index < -0.39 is 0 Å². The highest BCUT2D eigenvalue weighted by atomic mass is 16.5. The summed E-state index contributed by atoms with van der Waals surface area (Å²) < 4.78 is 7.09. The van der Waals surface area contributed by atoms with Gasteiger partial charge < -0.3 is 10.1 Å². The highest BCUT2D eigenvalue weighted by Gasteiger charge is 2.09. The van der Waals surface area contributed by atoms with Crippen molar-refractivity contribution in [3.8, 4) is 5.75 Å². The fraction of sp³-hybridized carbons (Fsp3) is 0.286. The van der Waals surface area contributed by atoms with E-state index in [9.17, 15) is 9.59 Å². The summed E-state index contributed by atoms with van der Waals surface area (Å²) in [6.45, 7) is 6.54. The van der Waals surface area contributed by atoms with Crippen LogP contribution in [-0.4, -0.2) is 28.6 Å². The van der Waals surface area contributed by atoms with Gasteiger partial charge in [-0.25, -0.2) is 4.98 Å². The molecule has 0 fully saturated rings. The minimum atomic E-state index is -0.254. The van der Waals surface area contributed by atoms with Crippen LogP contribution in [0.5, 0.6) is 5.75 Å². The summed E-state index contributed by atoms with van der Waals surface area (Å²) in [7, 11) is 0. The Kier molecular flexibility index (Phi) is 5.54. The average Bonchev–Trinajstić information content (AvgIpc) is 2.63. The van der Waals surface area contributed by atoms with Crippen molar-refractivity contribution in [3.05, 3.63) is 69.8 Å². The minimum Gasteiger partial charge on any atom is -0.491 e. The van der Waals surface area contributed by atoms with E-state index in [4.69, 9.17) is 4.74 Å². The van der Waals surface area contributed by atoms with Crippen LogP contribution in [0.25, 0.3) is 10.9 Å². The van der Waals surface area contributed by atoms with E-state index in [1.54, 1.807) is 6.07 Å². The van der Waals surface area contributed by atoms with Gasteiger partial charge in [0.05, 0.1) is 23.8 Å². The van der Waals surface area contributed by atoms with Gasteiger partial charge in [0.2, 0.25) is 5.91 Å². The highest BCUT2D eigenvalue weighted by molar-refractivity contribution is 5.81. The molecule has 2 aromatic carbocycles. The van der Waals surface area contributed by atoms with Crippen molar-refractivity contribution in [1.29, 1.82) is 0 Å². The maximum atomic E-state index is 12.5. The number of aryl methyl sites for hydroxylation is 3. The molecule has 0 atom stereocenters. The van der Waals surface area contributed by atoms with Crippen molar-refractivity contribution < 1.29 is 9.53 Å². The molecule has 0 aliphatic carbocycles. The second-order valence-corrected chi connectivity index (χ2v) is 6.57. The van der Waals surface area contributed by atoms with E-state index in [2.05, 4.69) is 10.3 Å². The van der Waals surface area contributed by atoms with E-state index >= 15 is 0 Å². The average molecular weight is 365 g/mol. The second kappa shape index (κ2) is 8.03. The molecular weight excluding hydrogens is 342 g/mol. The summed E-state index contributed by atoms with van der Waals surface area (Å²) in [5.41, 5.74) is 3.51. The lowest BCUT2D eigenvalue weighted by atomic mass is 10.1. The number of hydrogen-bond acceptors (Lipinski definition) is 4. The SMILES string of the molecule is Cc1cccc(C)c1OCCNC(=O)Cn1cnc2c(C)cccc2c1=O. The number of ether oxygens (including phenoxy) is 1. The largest absolute Gasteiger partial charge is 0.491 e. The van der Waals surface area contributed by atoms with Crippen LogP contribution in [0.3, 0.4) is 0 Å². The van der Waals surface area contributed by atoms with Crippen molar-refractivity contribution in [2.45, 2.75) is 27.3 Å². The van der Waals surface area contributed by atoms with E-state index in [1.165, 1.54) is 10.9 Å². The molecule has 3 aromatic rings. The van der Waals surface area contributed by atoms with E-state index in [-0.39, 0.29) is 18.0 Å². The molecule has 0 saturated carbocycles. The number of rotatable bonds is 6. The first-order chi connectivity index (χ1) is 13.0. The van der Waals surface area contributed by atoms with Gasteiger partial charge in [-0.3, -0.25) is 14.2 Å². The number of aromatic nitrogens is 2. The molecule has 0 aliphatic heterocycles. The zero-order valence-electron chi connectivity index (χ0n) is 15.8. The molecule has 1 aromatic heterocycles. The van der Waals surface area contributed by atoms with E-state index in [0.29, 0.717) is 24.1 Å². The predicted octanol–water partition coefficient (Wildman–Crippen LogP) is 2.52. The lowest BCUT2D eigenvalue weighted by Crippen LogP contribution is -2.34. The first-order valence-electron chi connectivity index (χ1n) is 8.88. The zero-order valence-corrected chi connectivity index (χ0v) is 15.8. The van der Waals surface area contributed by atoms with Crippen molar-refractivity contribution in [2.75, 3.05) is 13.2 Å². The van der Waals surface area contributed by atoms with Crippen molar-refractivity contribution in [2.24, 2.45) is 0 Å². The summed E-state index contributed by atoms with van der Waals surface area (Å²) >= 11 is 0. The number of nitrogens with zero attached hydrogens (tertiary/aromatic N) is 2. The molecule has 0 bridgehead atoms. The van der Waals surface area contributed by atoms with Gasteiger partial charge in [0.15, 0.2) is 0 Å². The Morgan fingerprint density at radius 1 is 1.07 bits per heavy atom. The van der Waals surface area contributed by atoms with Crippen molar-refractivity contribution in [3.63, 3.8) is 0 Å². The number of amides is 1. The smallest absolute Gasteiger partial charge is 0.261 e. The standard InChI is InChI=1S/C21H23N3O3/c1-14-6-5-9-17-19(14)23-13-24(21(17)26)12-18(25)22-10-11-27-20-15(2)7-4-8-16(20)3/h4-9,13H,10-12H2,1-3H3,(H,22,25). The van der Waals surface area contributed by atoms with Crippen LogP contribution in [0, 0.1) is 20.8 Å². The Morgan fingerprint density at radius 2 is 1.74 bits per heavy atom. The van der Waals surface area contributed by atoms with Gasteiger partial charge in [0.25, 0.3) is 5.56 Å². The Morgan fingerprint density at radius 3 is 2.48 bits per heavy atom. The maximum absolute atomic E-state index is 12.5. The monoisotopic (exact) mass is 365 g/mol. The minimum absolute atomic E-state index is 0.0703. The maximum Gasteiger partial charge on any atom is 0.261 e. The predicted molar refractivity (Wildman–Crippen MR) is 105 cm³/mol. The topological polar surface area (TPSA) is 73.2 Å². The first kappa shape index (κ1) is 18.6. The van der Waals surface area contributed by atoms with Crippen LogP contribution >= 0.6 is 0 Å². The molecule has 27 heavy (non-hydrogen) atoms. The van der Waals surface area contributed by atoms with Gasteiger partial charge in [-0.2, -0.15) is 0 Å². The van der Waals surface area contributed by atoms with E-state index in [1.807, 2.05) is 51.1 Å². The number of benzene rings is 2. The number of para-hydroxylation sites is 2. The van der Waals surface area contributed by atoms with Crippen LogP contribution in [0.2, 0.25) is 0 Å². The van der Waals surface area contributed by atoms with Crippen LogP contribution in [0.1, 0.15) is 16.7 Å². The number of nitrogens with one attached hydrogen (secondary N) is 1. The Bertz CT molecular complexity index is 1020. The third kappa shape index (κ3) is 4.16. The molecule has 6 nitrogen and oxygen atoms in total. The molecule has 6 heteroatoms. The van der Waals surface area contributed by atoms with Crippen molar-refractivity contribution >= 4 is 16.8 Å². The number of carbonyl (C=O) groups is 1. The lowest BCUT2D eigenvalue weighted by Gasteiger charge is -2.12. The van der Waals surface area contributed by atoms with Gasteiger partial charge in [-0.1, -0.05) is 30.3 Å². The summed E-state index contributed by atoms with van der Waals surface area (Å²) in [6.07, 6.45) is 1.42.